The number of aromatic nitrogens is 2. The molecule has 8 heteroatoms. The minimum atomic E-state index is -0.894. The van der Waals surface area contributed by atoms with Crippen LogP contribution in [-0.2, 0) is 4.79 Å². The number of nitrogens with one attached hydrogen (secondary N) is 1. The fraction of sp³-hybridized carbons (Fsp3) is 0.190. The van der Waals surface area contributed by atoms with Crippen LogP contribution in [-0.4, -0.2) is 22.3 Å². The zero-order valence-electron chi connectivity index (χ0n) is 15.9. The van der Waals surface area contributed by atoms with Crippen molar-refractivity contribution in [1.29, 1.82) is 0 Å². The molecule has 0 saturated heterocycles. The minimum absolute atomic E-state index is 0.108. The molecule has 29 heavy (non-hydrogen) atoms. The molecule has 0 spiro atoms. The predicted molar refractivity (Wildman–Crippen MR) is 110 cm³/mol. The highest BCUT2D eigenvalue weighted by atomic mass is 35.5. The summed E-state index contributed by atoms with van der Waals surface area (Å²) in [6.45, 7) is 4.02. The lowest BCUT2D eigenvalue weighted by Crippen LogP contribution is -2.33. The molecule has 0 saturated carbocycles. The molecule has 1 heterocycles. The van der Waals surface area contributed by atoms with Crippen molar-refractivity contribution in [2.24, 2.45) is 0 Å². The zero-order valence-corrected chi connectivity index (χ0v) is 16.6. The van der Waals surface area contributed by atoms with E-state index in [4.69, 9.17) is 16.3 Å². The topological polar surface area (TPSA) is 73.2 Å². The molecule has 3 aromatic rings. The van der Waals surface area contributed by atoms with Crippen LogP contribution >= 0.6 is 11.6 Å². The van der Waals surface area contributed by atoms with Gasteiger partial charge in [0.1, 0.15) is 17.6 Å². The molecule has 1 amide bonds. The highest BCUT2D eigenvalue weighted by molar-refractivity contribution is 6.31. The predicted octanol–water partition coefficient (Wildman–Crippen LogP) is 4.30. The Labute approximate surface area is 171 Å². The van der Waals surface area contributed by atoms with Gasteiger partial charge in [0, 0.05) is 17.3 Å². The number of carbonyl (C=O) groups is 1. The lowest BCUT2D eigenvalue weighted by atomic mass is 10.1. The molecular formula is C21H19ClFN3O3. The van der Waals surface area contributed by atoms with Crippen molar-refractivity contribution in [1.82, 2.24) is 9.78 Å². The van der Waals surface area contributed by atoms with E-state index in [-0.39, 0.29) is 5.02 Å². The van der Waals surface area contributed by atoms with Gasteiger partial charge in [0.25, 0.3) is 5.56 Å². The molecule has 1 unspecified atom stereocenters. The van der Waals surface area contributed by atoms with E-state index < -0.39 is 23.3 Å². The summed E-state index contributed by atoms with van der Waals surface area (Å²) in [5, 5.41) is 6.83. The van der Waals surface area contributed by atoms with Crippen LogP contribution in [0.25, 0.3) is 11.3 Å². The Balaban J connectivity index is 1.83. The van der Waals surface area contributed by atoms with Crippen molar-refractivity contribution in [2.75, 3.05) is 11.9 Å². The maximum Gasteiger partial charge on any atom is 0.267 e. The average Bonchev–Trinajstić information content (AvgIpc) is 2.71. The van der Waals surface area contributed by atoms with Gasteiger partial charge in [-0.3, -0.25) is 9.59 Å². The zero-order chi connectivity index (χ0) is 21.0. The maximum atomic E-state index is 13.3. The van der Waals surface area contributed by atoms with Gasteiger partial charge in [0.15, 0.2) is 0 Å². The fourth-order valence-electron chi connectivity index (χ4n) is 2.68. The number of halogens is 2. The van der Waals surface area contributed by atoms with Gasteiger partial charge < -0.3 is 10.1 Å². The standard InChI is InChI=1S/C21H19ClFN3O3/c1-3-29-16-7-4-14(5-8-16)19-10-11-20(27)26(25-19)13(2)21(28)24-15-6-9-18(23)17(22)12-15/h4-13H,3H2,1-2H3,(H,24,28). The molecule has 0 radical (unpaired) electrons. The van der Waals surface area contributed by atoms with Crippen molar-refractivity contribution in [2.45, 2.75) is 19.9 Å². The minimum Gasteiger partial charge on any atom is -0.494 e. The van der Waals surface area contributed by atoms with Gasteiger partial charge in [0.05, 0.1) is 17.3 Å². The smallest absolute Gasteiger partial charge is 0.267 e. The first kappa shape index (κ1) is 20.5. The van der Waals surface area contributed by atoms with Crippen molar-refractivity contribution < 1.29 is 13.9 Å². The van der Waals surface area contributed by atoms with Gasteiger partial charge in [0.2, 0.25) is 5.91 Å². The summed E-state index contributed by atoms with van der Waals surface area (Å²) in [7, 11) is 0. The van der Waals surface area contributed by atoms with Crippen LogP contribution in [0.15, 0.2) is 59.4 Å². The van der Waals surface area contributed by atoms with Gasteiger partial charge in [-0.25, -0.2) is 9.07 Å². The number of anilines is 1. The Hall–Kier alpha value is -3.19. The SMILES string of the molecule is CCOc1ccc(-c2ccc(=O)n(C(C)C(=O)Nc3ccc(F)c(Cl)c3)n2)cc1. The number of amides is 1. The molecule has 3 rings (SSSR count). The first-order chi connectivity index (χ1) is 13.9. The Morgan fingerprint density at radius 2 is 1.93 bits per heavy atom. The van der Waals surface area contributed by atoms with E-state index in [9.17, 15) is 14.0 Å². The highest BCUT2D eigenvalue weighted by Gasteiger charge is 2.18. The Bertz CT molecular complexity index is 1080. The fourth-order valence-corrected chi connectivity index (χ4v) is 2.86. The largest absolute Gasteiger partial charge is 0.494 e. The van der Waals surface area contributed by atoms with E-state index in [2.05, 4.69) is 10.4 Å². The van der Waals surface area contributed by atoms with Crippen LogP contribution in [0, 0.1) is 5.82 Å². The van der Waals surface area contributed by atoms with Crippen molar-refractivity contribution >= 4 is 23.2 Å². The number of hydrogen-bond donors (Lipinski definition) is 1. The number of rotatable bonds is 6. The molecule has 1 N–H and O–H groups in total. The summed E-state index contributed by atoms with van der Waals surface area (Å²) in [6.07, 6.45) is 0. The molecule has 1 atom stereocenters. The van der Waals surface area contributed by atoms with Crippen molar-refractivity contribution in [3.8, 4) is 17.0 Å². The Morgan fingerprint density at radius 3 is 2.59 bits per heavy atom. The highest BCUT2D eigenvalue weighted by Crippen LogP contribution is 2.22. The molecule has 0 bridgehead atoms. The van der Waals surface area contributed by atoms with Gasteiger partial charge in [-0.05, 0) is 62.4 Å². The summed E-state index contributed by atoms with van der Waals surface area (Å²) in [5.74, 6) is -0.333. The lowest BCUT2D eigenvalue weighted by molar-refractivity contribution is -0.119. The van der Waals surface area contributed by atoms with Crippen molar-refractivity contribution in [3.63, 3.8) is 0 Å². The van der Waals surface area contributed by atoms with Gasteiger partial charge in [-0.2, -0.15) is 5.10 Å². The van der Waals surface area contributed by atoms with Gasteiger partial charge in [-0.15, -0.1) is 0 Å². The van der Waals surface area contributed by atoms with E-state index in [0.717, 1.165) is 22.1 Å². The van der Waals surface area contributed by atoms with E-state index >= 15 is 0 Å². The molecular weight excluding hydrogens is 397 g/mol. The van der Waals surface area contributed by atoms with Crippen LogP contribution in [0.2, 0.25) is 5.02 Å². The van der Waals surface area contributed by atoms with Crippen LogP contribution in [0.4, 0.5) is 10.1 Å². The second-order valence-corrected chi connectivity index (χ2v) is 6.66. The first-order valence-electron chi connectivity index (χ1n) is 8.98. The molecule has 0 aliphatic rings. The van der Waals surface area contributed by atoms with Gasteiger partial charge >= 0.3 is 0 Å². The average molecular weight is 416 g/mol. The maximum absolute atomic E-state index is 13.3. The number of carbonyl (C=O) groups excluding carboxylic acids is 1. The second kappa shape index (κ2) is 8.87. The summed E-state index contributed by atoms with van der Waals surface area (Å²) >= 11 is 5.74. The Morgan fingerprint density at radius 1 is 1.21 bits per heavy atom. The normalized spacial score (nSPS) is 11.7. The molecule has 1 aromatic heterocycles. The molecule has 0 fully saturated rings. The third-order valence-corrected chi connectivity index (χ3v) is 4.51. The number of nitrogens with zero attached hydrogens (tertiary/aromatic N) is 2. The molecule has 0 aliphatic heterocycles. The third kappa shape index (κ3) is 4.81. The lowest BCUT2D eigenvalue weighted by Gasteiger charge is -2.15. The number of ether oxygens (including phenoxy) is 1. The van der Waals surface area contributed by atoms with Gasteiger partial charge in [-0.1, -0.05) is 11.6 Å². The summed E-state index contributed by atoms with van der Waals surface area (Å²) in [4.78, 5) is 24.8. The summed E-state index contributed by atoms with van der Waals surface area (Å²) in [6, 6.07) is 13.2. The first-order valence-corrected chi connectivity index (χ1v) is 9.36. The Kier molecular flexibility index (Phi) is 6.29. The van der Waals surface area contributed by atoms with E-state index in [0.29, 0.717) is 18.0 Å². The quantitative estimate of drug-likeness (QED) is 0.651. The molecule has 6 nitrogen and oxygen atoms in total. The van der Waals surface area contributed by atoms with Crippen molar-refractivity contribution in [3.05, 3.63) is 75.8 Å². The van der Waals surface area contributed by atoms with Crippen LogP contribution in [0.1, 0.15) is 19.9 Å². The molecule has 150 valence electrons. The molecule has 2 aromatic carbocycles. The van der Waals surface area contributed by atoms with E-state index in [1.165, 1.54) is 18.2 Å². The van der Waals surface area contributed by atoms with E-state index in [1.807, 2.05) is 31.2 Å². The molecule has 0 aliphatic carbocycles. The summed E-state index contributed by atoms with van der Waals surface area (Å²) < 4.78 is 19.8. The van der Waals surface area contributed by atoms with Crippen LogP contribution in [0.5, 0.6) is 5.75 Å². The van der Waals surface area contributed by atoms with E-state index in [1.54, 1.807) is 13.0 Å². The second-order valence-electron chi connectivity index (χ2n) is 6.25. The summed E-state index contributed by atoms with van der Waals surface area (Å²) in [5.41, 5.74) is 1.22. The van der Waals surface area contributed by atoms with Crippen LogP contribution in [0.3, 0.4) is 0 Å². The number of benzene rings is 2. The monoisotopic (exact) mass is 415 g/mol. The number of hydrogen-bond acceptors (Lipinski definition) is 4. The third-order valence-electron chi connectivity index (χ3n) is 4.22. The van der Waals surface area contributed by atoms with Crippen LogP contribution < -0.4 is 15.6 Å².